The van der Waals surface area contributed by atoms with Crippen molar-refractivity contribution in [3.63, 3.8) is 0 Å². The van der Waals surface area contributed by atoms with E-state index >= 15 is 0 Å². The third-order valence-corrected chi connectivity index (χ3v) is 3.03. The lowest BCUT2D eigenvalue weighted by atomic mass is 10.1. The quantitative estimate of drug-likeness (QED) is 0.745. The molecule has 18 heavy (non-hydrogen) atoms. The topological polar surface area (TPSA) is 50.2 Å². The van der Waals surface area contributed by atoms with Gasteiger partial charge in [-0.15, -0.1) is 0 Å². The molecule has 2 heterocycles. The summed E-state index contributed by atoms with van der Waals surface area (Å²) in [5.74, 6) is 0. The molecular weight excluding hydrogens is 226 g/mol. The maximum absolute atomic E-state index is 11.7. The van der Waals surface area contributed by atoms with Crippen molar-refractivity contribution in [2.24, 2.45) is 0 Å². The van der Waals surface area contributed by atoms with Crippen molar-refractivity contribution in [2.75, 3.05) is 0 Å². The van der Waals surface area contributed by atoms with E-state index in [2.05, 4.69) is 10.1 Å². The van der Waals surface area contributed by atoms with Gasteiger partial charge >= 0.3 is 0 Å². The van der Waals surface area contributed by atoms with Crippen molar-refractivity contribution in [3.05, 3.63) is 58.5 Å². The van der Waals surface area contributed by atoms with Crippen LogP contribution in [-0.4, -0.2) is 14.6 Å². The molecule has 0 saturated carbocycles. The van der Waals surface area contributed by atoms with Gasteiger partial charge in [-0.3, -0.25) is 4.79 Å². The Kier molecular flexibility index (Phi) is 2.48. The Balaban J connectivity index is 2.36. The zero-order valence-electron chi connectivity index (χ0n) is 10.1. The third-order valence-electron chi connectivity index (χ3n) is 3.03. The van der Waals surface area contributed by atoms with Crippen LogP contribution in [0.5, 0.6) is 0 Å². The molecule has 4 nitrogen and oxygen atoms in total. The van der Waals surface area contributed by atoms with Crippen molar-refractivity contribution in [1.29, 1.82) is 0 Å². The zero-order valence-corrected chi connectivity index (χ0v) is 10.1. The molecule has 0 bridgehead atoms. The predicted octanol–water partition coefficient (Wildman–Crippen LogP) is 2.25. The highest BCUT2D eigenvalue weighted by Crippen LogP contribution is 2.19. The lowest BCUT2D eigenvalue weighted by molar-refractivity contribution is 0.939. The Labute approximate surface area is 104 Å². The van der Waals surface area contributed by atoms with Crippen molar-refractivity contribution in [3.8, 4) is 11.3 Å². The number of fused-ring (bicyclic) bond motifs is 1. The lowest BCUT2D eigenvalue weighted by Crippen LogP contribution is -2.10. The van der Waals surface area contributed by atoms with Crippen molar-refractivity contribution in [2.45, 2.75) is 13.3 Å². The summed E-state index contributed by atoms with van der Waals surface area (Å²) in [6, 6.07) is 11.4. The molecule has 0 atom stereocenters. The second-order valence-electron chi connectivity index (χ2n) is 4.17. The third kappa shape index (κ3) is 1.62. The standard InChI is InChI=1S/C14H13N3O/c1-2-10-9-15-17-12(8-13(18)16-14(10)17)11-6-4-3-5-7-11/h3-9H,2H2,1H3,(H,16,18). The highest BCUT2D eigenvalue weighted by Gasteiger charge is 2.09. The molecule has 4 heteroatoms. The molecule has 1 aromatic carbocycles. The minimum absolute atomic E-state index is 0.100. The fourth-order valence-electron chi connectivity index (χ4n) is 2.11. The molecule has 3 rings (SSSR count). The first-order valence-electron chi connectivity index (χ1n) is 5.95. The van der Waals surface area contributed by atoms with Crippen LogP contribution in [-0.2, 0) is 6.42 Å². The van der Waals surface area contributed by atoms with E-state index in [0.717, 1.165) is 28.9 Å². The average Bonchev–Trinajstić information content (AvgIpc) is 2.81. The van der Waals surface area contributed by atoms with Crippen LogP contribution in [0.3, 0.4) is 0 Å². The first-order chi connectivity index (χ1) is 8.79. The van der Waals surface area contributed by atoms with Crippen LogP contribution in [0.2, 0.25) is 0 Å². The summed E-state index contributed by atoms with van der Waals surface area (Å²) < 4.78 is 1.79. The smallest absolute Gasteiger partial charge is 0.251 e. The van der Waals surface area contributed by atoms with Crippen molar-refractivity contribution >= 4 is 5.65 Å². The van der Waals surface area contributed by atoms with E-state index in [9.17, 15) is 4.79 Å². The number of aromatic amines is 1. The van der Waals surface area contributed by atoms with Crippen LogP contribution in [0.4, 0.5) is 0 Å². The van der Waals surface area contributed by atoms with E-state index in [1.165, 1.54) is 0 Å². The van der Waals surface area contributed by atoms with Gasteiger partial charge in [-0.1, -0.05) is 37.3 Å². The largest absolute Gasteiger partial charge is 0.307 e. The van der Waals surface area contributed by atoms with Crippen LogP contribution in [0.25, 0.3) is 16.9 Å². The zero-order chi connectivity index (χ0) is 12.5. The van der Waals surface area contributed by atoms with Gasteiger partial charge in [-0.05, 0) is 6.42 Å². The molecule has 0 saturated heterocycles. The maximum Gasteiger partial charge on any atom is 0.251 e. The molecule has 0 unspecified atom stereocenters. The van der Waals surface area contributed by atoms with Crippen molar-refractivity contribution in [1.82, 2.24) is 14.6 Å². The predicted molar refractivity (Wildman–Crippen MR) is 70.6 cm³/mol. The van der Waals surface area contributed by atoms with Crippen LogP contribution >= 0.6 is 0 Å². The first kappa shape index (κ1) is 10.8. The van der Waals surface area contributed by atoms with Gasteiger partial charge in [0.05, 0.1) is 11.9 Å². The van der Waals surface area contributed by atoms with E-state index < -0.39 is 0 Å². The Morgan fingerprint density at radius 2 is 2.06 bits per heavy atom. The van der Waals surface area contributed by atoms with E-state index in [1.807, 2.05) is 37.3 Å². The number of nitrogens with zero attached hydrogens (tertiary/aromatic N) is 2. The molecule has 0 aliphatic carbocycles. The maximum atomic E-state index is 11.7. The number of hydrogen-bond donors (Lipinski definition) is 1. The second-order valence-corrected chi connectivity index (χ2v) is 4.17. The van der Waals surface area contributed by atoms with E-state index in [1.54, 1.807) is 16.8 Å². The number of hydrogen-bond acceptors (Lipinski definition) is 2. The molecule has 0 fully saturated rings. The highest BCUT2D eigenvalue weighted by molar-refractivity contribution is 5.63. The summed E-state index contributed by atoms with van der Waals surface area (Å²) >= 11 is 0. The fourth-order valence-corrected chi connectivity index (χ4v) is 2.11. The summed E-state index contributed by atoms with van der Waals surface area (Å²) in [6.45, 7) is 2.05. The number of H-pyrrole nitrogens is 1. The lowest BCUT2D eigenvalue weighted by Gasteiger charge is -2.04. The average molecular weight is 239 g/mol. The molecule has 0 amide bonds. The molecule has 2 aromatic heterocycles. The molecule has 0 spiro atoms. The number of nitrogens with one attached hydrogen (secondary N) is 1. The monoisotopic (exact) mass is 239 g/mol. The van der Waals surface area contributed by atoms with Gasteiger partial charge in [-0.2, -0.15) is 5.10 Å². The summed E-state index contributed by atoms with van der Waals surface area (Å²) in [5.41, 5.74) is 3.53. The summed E-state index contributed by atoms with van der Waals surface area (Å²) in [7, 11) is 0. The highest BCUT2D eigenvalue weighted by atomic mass is 16.1. The van der Waals surface area contributed by atoms with Crippen LogP contribution in [0, 0.1) is 0 Å². The summed E-state index contributed by atoms with van der Waals surface area (Å²) in [5, 5.41) is 4.35. The van der Waals surface area contributed by atoms with E-state index in [-0.39, 0.29) is 5.56 Å². The molecule has 90 valence electrons. The molecule has 1 N–H and O–H groups in total. The normalized spacial score (nSPS) is 10.9. The van der Waals surface area contributed by atoms with E-state index in [0.29, 0.717) is 0 Å². The first-order valence-corrected chi connectivity index (χ1v) is 5.95. The molecule has 0 aliphatic rings. The van der Waals surface area contributed by atoms with Gasteiger partial charge < -0.3 is 4.98 Å². The Morgan fingerprint density at radius 3 is 2.78 bits per heavy atom. The summed E-state index contributed by atoms with van der Waals surface area (Å²) in [4.78, 5) is 14.6. The molecule has 0 aliphatic heterocycles. The minimum atomic E-state index is -0.100. The van der Waals surface area contributed by atoms with Gasteiger partial charge in [0.25, 0.3) is 5.56 Å². The Hall–Kier alpha value is -2.36. The molecular formula is C14H13N3O. The van der Waals surface area contributed by atoms with Gasteiger partial charge in [0.1, 0.15) is 5.65 Å². The second kappa shape index (κ2) is 4.14. The Bertz CT molecular complexity index is 741. The SMILES string of the molecule is CCc1cnn2c(-c3ccccc3)cc(=O)[nH]c12. The number of aryl methyl sites for hydroxylation is 1. The molecule has 0 radical (unpaired) electrons. The molecule has 3 aromatic rings. The van der Waals surface area contributed by atoms with Crippen LogP contribution in [0.1, 0.15) is 12.5 Å². The van der Waals surface area contributed by atoms with Gasteiger partial charge in [0.2, 0.25) is 0 Å². The van der Waals surface area contributed by atoms with Gasteiger partial charge in [0, 0.05) is 17.2 Å². The van der Waals surface area contributed by atoms with Crippen molar-refractivity contribution < 1.29 is 0 Å². The van der Waals surface area contributed by atoms with Crippen LogP contribution in [0.15, 0.2) is 47.4 Å². The summed E-state index contributed by atoms with van der Waals surface area (Å²) in [6.07, 6.45) is 2.65. The Morgan fingerprint density at radius 1 is 1.28 bits per heavy atom. The van der Waals surface area contributed by atoms with E-state index in [4.69, 9.17) is 0 Å². The fraction of sp³-hybridized carbons (Fsp3) is 0.143. The van der Waals surface area contributed by atoms with Gasteiger partial charge in [-0.25, -0.2) is 4.52 Å². The number of aromatic nitrogens is 3. The number of benzene rings is 1. The van der Waals surface area contributed by atoms with Crippen LogP contribution < -0.4 is 5.56 Å². The van der Waals surface area contributed by atoms with Gasteiger partial charge in [0.15, 0.2) is 0 Å². The minimum Gasteiger partial charge on any atom is -0.307 e. The number of rotatable bonds is 2.